The van der Waals surface area contributed by atoms with E-state index in [9.17, 15) is 4.79 Å². The van der Waals surface area contributed by atoms with Gasteiger partial charge in [0.1, 0.15) is 5.60 Å². The Morgan fingerprint density at radius 1 is 1.25 bits per heavy atom. The number of rotatable bonds is 6. The molecule has 0 spiro atoms. The van der Waals surface area contributed by atoms with Crippen molar-refractivity contribution in [2.75, 3.05) is 53.5 Å². The summed E-state index contributed by atoms with van der Waals surface area (Å²) in [5.74, 6) is 0.905. The molecule has 0 aromatic carbocycles. The monoisotopic (exact) mass is 511 g/mol. The molecule has 2 aliphatic heterocycles. The van der Waals surface area contributed by atoms with Gasteiger partial charge >= 0.3 is 6.09 Å². The number of hydrogen-bond acceptors (Lipinski definition) is 5. The van der Waals surface area contributed by atoms with Gasteiger partial charge in [0.2, 0.25) is 0 Å². The van der Waals surface area contributed by atoms with E-state index in [2.05, 4.69) is 25.4 Å². The Hall–Kier alpha value is -0.810. The van der Waals surface area contributed by atoms with Gasteiger partial charge < -0.3 is 25.0 Å². The van der Waals surface area contributed by atoms with Gasteiger partial charge in [-0.05, 0) is 46.6 Å². The molecule has 0 aromatic rings. The minimum Gasteiger partial charge on any atom is -0.444 e. The number of aliphatic imine (C=N–C) groups is 1. The number of nitrogens with one attached hydrogen (secondary N) is 2. The summed E-state index contributed by atoms with van der Waals surface area (Å²) in [5, 5.41) is 6.49. The fourth-order valence-electron chi connectivity index (χ4n) is 3.72. The highest BCUT2D eigenvalue weighted by Gasteiger charge is 2.29. The van der Waals surface area contributed by atoms with Gasteiger partial charge in [-0.15, -0.1) is 24.0 Å². The first-order valence-electron chi connectivity index (χ1n) is 10.0. The van der Waals surface area contributed by atoms with Crippen LogP contribution in [0.1, 0.15) is 40.0 Å². The lowest BCUT2D eigenvalue weighted by Crippen LogP contribution is -2.47. The maximum absolute atomic E-state index is 12.0. The number of carbonyl (C=O) groups excluding carboxylic acids is 1. The lowest BCUT2D eigenvalue weighted by atomic mass is 10.2. The van der Waals surface area contributed by atoms with Crippen LogP contribution in [-0.4, -0.2) is 93.0 Å². The number of guanidine groups is 1. The van der Waals surface area contributed by atoms with Gasteiger partial charge in [-0.25, -0.2) is 4.79 Å². The van der Waals surface area contributed by atoms with Gasteiger partial charge in [0.05, 0.1) is 12.6 Å². The summed E-state index contributed by atoms with van der Waals surface area (Å²) in [7, 11) is 3.56. The van der Waals surface area contributed by atoms with Crippen molar-refractivity contribution in [1.82, 2.24) is 20.4 Å². The van der Waals surface area contributed by atoms with Crippen LogP contribution < -0.4 is 10.6 Å². The molecule has 2 fully saturated rings. The number of alkyl carbamates (subject to hydrolysis) is 1. The van der Waals surface area contributed by atoms with E-state index >= 15 is 0 Å². The summed E-state index contributed by atoms with van der Waals surface area (Å²) >= 11 is 0. The molecule has 2 atom stereocenters. The van der Waals surface area contributed by atoms with Gasteiger partial charge in [0, 0.05) is 46.4 Å². The molecule has 1 amide bonds. The maximum Gasteiger partial charge on any atom is 0.407 e. The highest BCUT2D eigenvalue weighted by molar-refractivity contribution is 14.0. The van der Waals surface area contributed by atoms with E-state index < -0.39 is 5.60 Å². The highest BCUT2D eigenvalue weighted by atomic mass is 127. The Morgan fingerprint density at radius 2 is 2.00 bits per heavy atom. The van der Waals surface area contributed by atoms with Crippen LogP contribution in [0, 0.1) is 0 Å². The molecule has 2 saturated heterocycles. The zero-order valence-electron chi connectivity index (χ0n) is 18.0. The second kappa shape index (κ2) is 12.0. The fourth-order valence-corrected chi connectivity index (χ4v) is 3.72. The summed E-state index contributed by atoms with van der Waals surface area (Å²) in [6, 6.07) is 0.610. The fraction of sp³-hybridized carbons (Fsp3) is 0.895. The average Bonchev–Trinajstić information content (AvgIpc) is 3.21. The van der Waals surface area contributed by atoms with Crippen LogP contribution in [-0.2, 0) is 9.47 Å². The Morgan fingerprint density at radius 3 is 2.64 bits per heavy atom. The number of nitrogens with zero attached hydrogens (tertiary/aromatic N) is 3. The molecule has 2 heterocycles. The smallest absolute Gasteiger partial charge is 0.407 e. The average molecular weight is 511 g/mol. The zero-order valence-corrected chi connectivity index (χ0v) is 20.3. The van der Waals surface area contributed by atoms with Gasteiger partial charge in [-0.1, -0.05) is 0 Å². The summed E-state index contributed by atoms with van der Waals surface area (Å²) in [5.41, 5.74) is -0.476. The van der Waals surface area contributed by atoms with Crippen LogP contribution in [0.3, 0.4) is 0 Å². The van der Waals surface area contributed by atoms with Crippen LogP contribution in [0.5, 0.6) is 0 Å². The van der Waals surface area contributed by atoms with E-state index in [0.29, 0.717) is 6.04 Å². The van der Waals surface area contributed by atoms with Crippen molar-refractivity contribution in [3.63, 3.8) is 0 Å². The van der Waals surface area contributed by atoms with Crippen molar-refractivity contribution in [2.24, 2.45) is 4.99 Å². The van der Waals surface area contributed by atoms with E-state index in [-0.39, 0.29) is 36.1 Å². The van der Waals surface area contributed by atoms with Crippen molar-refractivity contribution < 1.29 is 14.3 Å². The van der Waals surface area contributed by atoms with Crippen LogP contribution in [0.15, 0.2) is 4.99 Å². The molecule has 0 aliphatic carbocycles. The molecule has 0 saturated carbocycles. The minimum absolute atomic E-state index is 0. The lowest BCUT2D eigenvalue weighted by Gasteiger charge is -2.27. The molecule has 8 nitrogen and oxygen atoms in total. The number of methoxy groups -OCH3 is 1. The van der Waals surface area contributed by atoms with Crippen LogP contribution in [0.2, 0.25) is 0 Å². The molecular weight excluding hydrogens is 473 g/mol. The van der Waals surface area contributed by atoms with Crippen LogP contribution in [0.25, 0.3) is 0 Å². The van der Waals surface area contributed by atoms with Crippen molar-refractivity contribution >= 4 is 36.0 Å². The Labute approximate surface area is 186 Å². The first kappa shape index (κ1) is 25.2. The molecule has 2 N–H and O–H groups in total. The second-order valence-corrected chi connectivity index (χ2v) is 8.33. The molecule has 2 rings (SSSR count). The molecule has 28 heavy (non-hydrogen) atoms. The second-order valence-electron chi connectivity index (χ2n) is 8.33. The topological polar surface area (TPSA) is 78.4 Å². The number of carbonyl (C=O) groups is 1. The molecular formula is C19H38IN5O3. The van der Waals surface area contributed by atoms with Crippen molar-refractivity contribution in [1.29, 1.82) is 0 Å². The van der Waals surface area contributed by atoms with Crippen molar-refractivity contribution in [3.05, 3.63) is 0 Å². The molecule has 0 bridgehead atoms. The van der Waals surface area contributed by atoms with Gasteiger partial charge in [-0.3, -0.25) is 9.89 Å². The first-order chi connectivity index (χ1) is 12.8. The van der Waals surface area contributed by atoms with Gasteiger partial charge in [0.15, 0.2) is 5.96 Å². The normalized spacial score (nSPS) is 23.5. The van der Waals surface area contributed by atoms with E-state index in [0.717, 1.165) is 51.7 Å². The van der Waals surface area contributed by atoms with Crippen LogP contribution >= 0.6 is 24.0 Å². The summed E-state index contributed by atoms with van der Waals surface area (Å²) in [6.45, 7) is 11.0. The third-order valence-corrected chi connectivity index (χ3v) is 5.00. The lowest BCUT2D eigenvalue weighted by molar-refractivity contribution is 0.0507. The first-order valence-corrected chi connectivity index (χ1v) is 10.0. The van der Waals surface area contributed by atoms with Crippen molar-refractivity contribution in [3.8, 4) is 0 Å². The quantitative estimate of drug-likeness (QED) is 0.322. The van der Waals surface area contributed by atoms with E-state index in [1.807, 2.05) is 27.8 Å². The Kier molecular flexibility index (Phi) is 10.8. The van der Waals surface area contributed by atoms with Gasteiger partial charge in [-0.2, -0.15) is 0 Å². The predicted octanol–water partition coefficient (Wildman–Crippen LogP) is 1.89. The minimum atomic E-state index is -0.476. The molecule has 2 aliphatic rings. The Bertz CT molecular complexity index is 512. The highest BCUT2D eigenvalue weighted by Crippen LogP contribution is 2.16. The summed E-state index contributed by atoms with van der Waals surface area (Å²) < 4.78 is 10.6. The zero-order chi connectivity index (χ0) is 19.9. The summed E-state index contributed by atoms with van der Waals surface area (Å²) in [6.07, 6.45) is 2.98. The van der Waals surface area contributed by atoms with E-state index in [1.54, 1.807) is 7.11 Å². The number of hydrogen-bond donors (Lipinski definition) is 2. The molecule has 0 aromatic heterocycles. The number of likely N-dealkylation sites (tertiary alicyclic amines) is 2. The van der Waals surface area contributed by atoms with Gasteiger partial charge in [0.25, 0.3) is 0 Å². The third kappa shape index (κ3) is 8.28. The van der Waals surface area contributed by atoms with E-state index in [1.165, 1.54) is 12.8 Å². The molecule has 0 radical (unpaired) electrons. The van der Waals surface area contributed by atoms with Crippen molar-refractivity contribution in [2.45, 2.75) is 57.7 Å². The Balaban J connectivity index is 0.00000392. The molecule has 164 valence electrons. The standard InChI is InChI=1S/C19H37N5O3.HI/c1-19(2,3)27-18(25)22-15-8-10-24(14-15)17(20-4)21-13-16-7-6-9-23(16)11-12-26-5;/h15-16H,6-14H2,1-5H3,(H,20,21)(H,22,25);1H. The SMILES string of the molecule is CN=C(NCC1CCCN1CCOC)N1CCC(NC(=O)OC(C)(C)C)C1.I. The maximum atomic E-state index is 12.0. The summed E-state index contributed by atoms with van der Waals surface area (Å²) in [4.78, 5) is 21.1. The largest absolute Gasteiger partial charge is 0.444 e. The number of halogens is 1. The number of amides is 1. The molecule has 2 unspecified atom stereocenters. The van der Waals surface area contributed by atoms with Crippen LogP contribution in [0.4, 0.5) is 4.79 Å². The number of ether oxygens (including phenoxy) is 2. The predicted molar refractivity (Wildman–Crippen MR) is 123 cm³/mol. The third-order valence-electron chi connectivity index (χ3n) is 5.00. The van der Waals surface area contributed by atoms with E-state index in [4.69, 9.17) is 9.47 Å². The molecule has 9 heteroatoms.